The second kappa shape index (κ2) is 9.27. The summed E-state index contributed by atoms with van der Waals surface area (Å²) in [6, 6.07) is 30.6. The van der Waals surface area contributed by atoms with Gasteiger partial charge in [-0.3, -0.25) is 4.79 Å². The number of benzene rings is 3. The number of nitrogens with one attached hydrogen (secondary N) is 2. The first-order valence-electron chi connectivity index (χ1n) is 10.7. The van der Waals surface area contributed by atoms with Crippen molar-refractivity contribution in [3.8, 4) is 17.2 Å². The van der Waals surface area contributed by atoms with Crippen LogP contribution in [0, 0.1) is 11.3 Å². The molecular weight excluding hydrogens is 424 g/mol. The molecule has 164 valence electrons. The van der Waals surface area contributed by atoms with Crippen molar-refractivity contribution >= 4 is 28.9 Å². The van der Waals surface area contributed by atoms with E-state index in [1.165, 1.54) is 0 Å². The smallest absolute Gasteiger partial charge is 0.247 e. The van der Waals surface area contributed by atoms with Crippen LogP contribution < -0.4 is 10.6 Å². The molecule has 0 fully saturated rings. The van der Waals surface area contributed by atoms with Crippen molar-refractivity contribution in [1.82, 2.24) is 14.6 Å². The Bertz CT molecular complexity index is 1500. The summed E-state index contributed by atoms with van der Waals surface area (Å²) in [5.41, 5.74) is 5.54. The van der Waals surface area contributed by atoms with Gasteiger partial charge in [-0.1, -0.05) is 54.6 Å². The third kappa shape index (κ3) is 4.61. The van der Waals surface area contributed by atoms with E-state index in [0.29, 0.717) is 29.3 Å². The molecule has 0 saturated carbocycles. The molecule has 5 aromatic rings. The number of pyridine rings is 1. The van der Waals surface area contributed by atoms with E-state index in [-0.39, 0.29) is 5.91 Å². The zero-order valence-corrected chi connectivity index (χ0v) is 18.1. The van der Waals surface area contributed by atoms with Crippen LogP contribution in [-0.2, 0) is 11.2 Å². The standard InChI is InChI=1S/C27H20N6O/c28-17-21-8-4-5-9-24(21)30-27-31-25-15-12-22(18-33(25)32-27)20-10-13-23(14-11-20)29-26(34)16-19-6-2-1-3-7-19/h1-15,18H,16H2,(H,29,34)(H,30,32). The first-order chi connectivity index (χ1) is 16.7. The summed E-state index contributed by atoms with van der Waals surface area (Å²) in [6.45, 7) is 0. The predicted molar refractivity (Wildman–Crippen MR) is 132 cm³/mol. The lowest BCUT2D eigenvalue weighted by Gasteiger charge is -2.07. The number of amides is 1. The van der Waals surface area contributed by atoms with Crippen LogP contribution in [0.5, 0.6) is 0 Å². The minimum atomic E-state index is -0.0546. The van der Waals surface area contributed by atoms with E-state index in [4.69, 9.17) is 0 Å². The largest absolute Gasteiger partial charge is 0.326 e. The van der Waals surface area contributed by atoms with Gasteiger partial charge in [-0.25, -0.2) is 4.52 Å². The Morgan fingerprint density at radius 1 is 0.882 bits per heavy atom. The Morgan fingerprint density at radius 3 is 2.41 bits per heavy atom. The molecule has 0 atom stereocenters. The molecule has 0 aliphatic carbocycles. The van der Waals surface area contributed by atoms with Gasteiger partial charge < -0.3 is 10.6 Å². The van der Waals surface area contributed by atoms with Gasteiger partial charge in [0.05, 0.1) is 17.7 Å². The van der Waals surface area contributed by atoms with Crippen LogP contribution >= 0.6 is 0 Å². The fraction of sp³-hybridized carbons (Fsp3) is 0.0370. The van der Waals surface area contributed by atoms with Crippen LogP contribution in [0.1, 0.15) is 11.1 Å². The predicted octanol–water partition coefficient (Wildman–Crippen LogP) is 5.19. The van der Waals surface area contributed by atoms with Gasteiger partial charge in [0, 0.05) is 17.4 Å². The maximum atomic E-state index is 12.3. The summed E-state index contributed by atoms with van der Waals surface area (Å²) in [5, 5.41) is 19.8. The molecule has 0 spiro atoms. The van der Waals surface area contributed by atoms with Crippen LogP contribution in [0.15, 0.2) is 97.2 Å². The van der Waals surface area contributed by atoms with Crippen LogP contribution in [0.25, 0.3) is 16.8 Å². The van der Waals surface area contributed by atoms with Gasteiger partial charge in [0.25, 0.3) is 0 Å². The van der Waals surface area contributed by atoms with Crippen molar-refractivity contribution in [1.29, 1.82) is 5.26 Å². The van der Waals surface area contributed by atoms with Crippen molar-refractivity contribution in [2.24, 2.45) is 0 Å². The summed E-state index contributed by atoms with van der Waals surface area (Å²) in [6.07, 6.45) is 2.23. The molecule has 0 bridgehead atoms. The van der Waals surface area contributed by atoms with Gasteiger partial charge in [-0.05, 0) is 47.5 Å². The van der Waals surface area contributed by atoms with Crippen molar-refractivity contribution in [2.45, 2.75) is 6.42 Å². The lowest BCUT2D eigenvalue weighted by Crippen LogP contribution is -2.14. The fourth-order valence-electron chi connectivity index (χ4n) is 3.65. The van der Waals surface area contributed by atoms with Crippen molar-refractivity contribution in [3.63, 3.8) is 0 Å². The zero-order valence-electron chi connectivity index (χ0n) is 18.1. The minimum Gasteiger partial charge on any atom is -0.326 e. The number of para-hydroxylation sites is 1. The number of hydrogen-bond donors (Lipinski definition) is 2. The Morgan fingerprint density at radius 2 is 1.62 bits per heavy atom. The number of aromatic nitrogens is 3. The molecule has 0 aliphatic rings. The third-order valence-electron chi connectivity index (χ3n) is 5.33. The molecule has 2 heterocycles. The van der Waals surface area contributed by atoms with Crippen LogP contribution in [0.2, 0.25) is 0 Å². The second-order valence-electron chi connectivity index (χ2n) is 7.73. The molecule has 5 rings (SSSR count). The lowest BCUT2D eigenvalue weighted by molar-refractivity contribution is -0.115. The van der Waals surface area contributed by atoms with E-state index in [9.17, 15) is 10.1 Å². The second-order valence-corrected chi connectivity index (χ2v) is 7.73. The fourth-order valence-corrected chi connectivity index (χ4v) is 3.65. The average molecular weight is 444 g/mol. The summed E-state index contributed by atoms with van der Waals surface area (Å²) in [7, 11) is 0. The number of fused-ring (bicyclic) bond motifs is 1. The number of carbonyl (C=O) groups excluding carboxylic acids is 1. The average Bonchev–Trinajstić information content (AvgIpc) is 3.27. The molecule has 1 amide bonds. The molecular formula is C27H20N6O. The molecule has 34 heavy (non-hydrogen) atoms. The summed E-state index contributed by atoms with van der Waals surface area (Å²) >= 11 is 0. The topological polar surface area (TPSA) is 95.1 Å². The molecule has 0 aliphatic heterocycles. The van der Waals surface area contributed by atoms with E-state index >= 15 is 0 Å². The van der Waals surface area contributed by atoms with Crippen LogP contribution in [0.3, 0.4) is 0 Å². The van der Waals surface area contributed by atoms with E-state index in [1.54, 1.807) is 10.6 Å². The Labute approximate surface area is 196 Å². The maximum absolute atomic E-state index is 12.3. The number of anilines is 3. The highest BCUT2D eigenvalue weighted by molar-refractivity contribution is 5.92. The van der Waals surface area contributed by atoms with E-state index in [2.05, 4.69) is 26.8 Å². The highest BCUT2D eigenvalue weighted by Gasteiger charge is 2.09. The molecule has 7 heteroatoms. The maximum Gasteiger partial charge on any atom is 0.247 e. The number of nitrogens with zero attached hydrogens (tertiary/aromatic N) is 4. The van der Waals surface area contributed by atoms with E-state index < -0.39 is 0 Å². The van der Waals surface area contributed by atoms with Crippen molar-refractivity contribution < 1.29 is 4.79 Å². The molecule has 0 saturated heterocycles. The Hall–Kier alpha value is -4.96. The summed E-state index contributed by atoms with van der Waals surface area (Å²) < 4.78 is 1.70. The highest BCUT2D eigenvalue weighted by atomic mass is 16.1. The van der Waals surface area contributed by atoms with Gasteiger partial charge in [0.2, 0.25) is 11.9 Å². The van der Waals surface area contributed by atoms with Crippen molar-refractivity contribution in [3.05, 3.63) is 108 Å². The van der Waals surface area contributed by atoms with Crippen LogP contribution in [0.4, 0.5) is 17.3 Å². The first kappa shape index (κ1) is 20.9. The normalized spacial score (nSPS) is 10.6. The number of carbonyl (C=O) groups is 1. The Balaban J connectivity index is 1.30. The molecule has 2 N–H and O–H groups in total. The number of nitriles is 1. The molecule has 0 radical (unpaired) electrons. The summed E-state index contributed by atoms with van der Waals surface area (Å²) in [5.74, 6) is 0.359. The van der Waals surface area contributed by atoms with E-state index in [0.717, 1.165) is 22.4 Å². The van der Waals surface area contributed by atoms with Gasteiger partial charge in [0.15, 0.2) is 5.65 Å². The lowest BCUT2D eigenvalue weighted by atomic mass is 10.1. The van der Waals surface area contributed by atoms with Crippen LogP contribution in [-0.4, -0.2) is 20.5 Å². The SMILES string of the molecule is N#Cc1ccccc1Nc1nc2ccc(-c3ccc(NC(=O)Cc4ccccc4)cc3)cn2n1. The monoisotopic (exact) mass is 444 g/mol. The first-order valence-corrected chi connectivity index (χ1v) is 10.7. The molecule has 2 aromatic heterocycles. The number of rotatable bonds is 6. The van der Waals surface area contributed by atoms with Gasteiger partial charge in [0.1, 0.15) is 6.07 Å². The zero-order chi connectivity index (χ0) is 23.3. The van der Waals surface area contributed by atoms with Crippen molar-refractivity contribution in [2.75, 3.05) is 10.6 Å². The number of hydrogen-bond acceptors (Lipinski definition) is 5. The molecule has 3 aromatic carbocycles. The van der Waals surface area contributed by atoms with E-state index in [1.807, 2.05) is 91.1 Å². The molecule has 0 unspecified atom stereocenters. The highest BCUT2D eigenvalue weighted by Crippen LogP contribution is 2.23. The molecule has 7 nitrogen and oxygen atoms in total. The summed E-state index contributed by atoms with van der Waals surface area (Å²) in [4.78, 5) is 16.8. The van der Waals surface area contributed by atoms with Gasteiger partial charge in [-0.15, -0.1) is 5.10 Å². The quantitative estimate of drug-likeness (QED) is 0.376. The van der Waals surface area contributed by atoms with Gasteiger partial charge >= 0.3 is 0 Å². The van der Waals surface area contributed by atoms with Gasteiger partial charge in [-0.2, -0.15) is 10.2 Å². The third-order valence-corrected chi connectivity index (χ3v) is 5.33. The Kier molecular flexibility index (Phi) is 5.70. The minimum absolute atomic E-state index is 0.0546.